The lowest BCUT2D eigenvalue weighted by molar-refractivity contribution is -0.136. The van der Waals surface area contributed by atoms with Gasteiger partial charge in [-0.05, 0) is 30.2 Å². The average Bonchev–Trinajstić information content (AvgIpc) is 3.26. The standard InChI is InChI=1S/C18H18N6O4/c1-22(2)18(28)13-9-24(21-20-13)11-3-4-12-10(7-11)8-23(17(12)27)14-5-6-15(25)19-16(14)26/h3-4,7,9,14H,5-6,8H2,1-2H3,(H,19,25,26). The predicted octanol–water partition coefficient (Wildman–Crippen LogP) is -0.270. The minimum atomic E-state index is -0.656. The molecule has 4 rings (SSSR count). The van der Waals surface area contributed by atoms with Gasteiger partial charge < -0.3 is 9.80 Å². The minimum Gasteiger partial charge on any atom is -0.343 e. The predicted molar refractivity (Wildman–Crippen MR) is 95.4 cm³/mol. The van der Waals surface area contributed by atoms with Crippen LogP contribution in [0.4, 0.5) is 0 Å². The maximum atomic E-state index is 12.7. The Balaban J connectivity index is 1.58. The van der Waals surface area contributed by atoms with Crippen molar-refractivity contribution in [2.75, 3.05) is 14.1 Å². The number of hydrogen-bond donors (Lipinski definition) is 1. The summed E-state index contributed by atoms with van der Waals surface area (Å²) in [4.78, 5) is 51.1. The highest BCUT2D eigenvalue weighted by Gasteiger charge is 2.39. The van der Waals surface area contributed by atoms with Gasteiger partial charge in [-0.15, -0.1) is 5.10 Å². The molecule has 28 heavy (non-hydrogen) atoms. The van der Waals surface area contributed by atoms with Crippen LogP contribution in [0, 0.1) is 0 Å². The van der Waals surface area contributed by atoms with Crippen molar-refractivity contribution in [1.82, 2.24) is 30.1 Å². The number of amides is 4. The molecule has 2 aliphatic rings. The summed E-state index contributed by atoms with van der Waals surface area (Å²) in [6.07, 6.45) is 2.05. The summed E-state index contributed by atoms with van der Waals surface area (Å²) >= 11 is 0. The number of piperidine rings is 1. The van der Waals surface area contributed by atoms with E-state index in [1.807, 2.05) is 0 Å². The molecule has 10 heteroatoms. The summed E-state index contributed by atoms with van der Waals surface area (Å²) in [5.41, 5.74) is 2.13. The van der Waals surface area contributed by atoms with Gasteiger partial charge in [0.2, 0.25) is 11.8 Å². The van der Waals surface area contributed by atoms with Crippen LogP contribution in [0.25, 0.3) is 5.69 Å². The van der Waals surface area contributed by atoms with E-state index >= 15 is 0 Å². The summed E-state index contributed by atoms with van der Waals surface area (Å²) < 4.78 is 1.47. The van der Waals surface area contributed by atoms with Crippen molar-refractivity contribution >= 4 is 23.6 Å². The molecule has 0 bridgehead atoms. The van der Waals surface area contributed by atoms with E-state index in [4.69, 9.17) is 0 Å². The van der Waals surface area contributed by atoms with Crippen molar-refractivity contribution < 1.29 is 19.2 Å². The van der Waals surface area contributed by atoms with E-state index in [-0.39, 0.29) is 36.4 Å². The fourth-order valence-corrected chi connectivity index (χ4v) is 3.42. The van der Waals surface area contributed by atoms with E-state index in [1.54, 1.807) is 32.3 Å². The topological polar surface area (TPSA) is 118 Å². The van der Waals surface area contributed by atoms with Crippen LogP contribution in [0.5, 0.6) is 0 Å². The first-order chi connectivity index (χ1) is 13.3. The smallest absolute Gasteiger partial charge is 0.275 e. The Kier molecular flexibility index (Phi) is 4.17. The molecule has 1 unspecified atom stereocenters. The van der Waals surface area contributed by atoms with E-state index < -0.39 is 11.9 Å². The van der Waals surface area contributed by atoms with E-state index in [0.717, 1.165) is 5.56 Å². The molecule has 1 aromatic heterocycles. The van der Waals surface area contributed by atoms with Crippen LogP contribution in [0.1, 0.15) is 39.3 Å². The van der Waals surface area contributed by atoms with Gasteiger partial charge in [-0.25, -0.2) is 4.68 Å². The molecular weight excluding hydrogens is 364 g/mol. The highest BCUT2D eigenvalue weighted by Crippen LogP contribution is 2.29. The molecule has 144 valence electrons. The molecule has 0 spiro atoms. The molecule has 10 nitrogen and oxygen atoms in total. The molecule has 1 atom stereocenters. The molecule has 1 fully saturated rings. The van der Waals surface area contributed by atoms with Crippen molar-refractivity contribution in [1.29, 1.82) is 0 Å². The first kappa shape index (κ1) is 17.8. The van der Waals surface area contributed by atoms with Gasteiger partial charge in [0.1, 0.15) is 6.04 Å². The molecule has 4 amide bonds. The second-order valence-corrected chi connectivity index (χ2v) is 6.99. The van der Waals surface area contributed by atoms with Crippen LogP contribution in [0.15, 0.2) is 24.4 Å². The molecule has 1 saturated heterocycles. The van der Waals surface area contributed by atoms with Crippen molar-refractivity contribution in [3.8, 4) is 5.69 Å². The van der Waals surface area contributed by atoms with Crippen molar-refractivity contribution in [2.24, 2.45) is 0 Å². The van der Waals surface area contributed by atoms with Crippen LogP contribution in [-0.2, 0) is 16.1 Å². The second kappa shape index (κ2) is 6.55. The quantitative estimate of drug-likeness (QED) is 0.731. The zero-order valence-electron chi connectivity index (χ0n) is 15.4. The lowest BCUT2D eigenvalue weighted by Gasteiger charge is -2.29. The fraction of sp³-hybridized carbons (Fsp3) is 0.333. The van der Waals surface area contributed by atoms with E-state index in [2.05, 4.69) is 15.6 Å². The number of carbonyl (C=O) groups is 4. The van der Waals surface area contributed by atoms with Crippen LogP contribution in [0.3, 0.4) is 0 Å². The third-order valence-corrected chi connectivity index (χ3v) is 4.89. The summed E-state index contributed by atoms with van der Waals surface area (Å²) in [6, 6.07) is 4.52. The molecule has 0 radical (unpaired) electrons. The van der Waals surface area contributed by atoms with E-state index in [1.165, 1.54) is 20.7 Å². The van der Waals surface area contributed by atoms with Crippen molar-refractivity contribution in [2.45, 2.75) is 25.4 Å². The number of nitrogens with zero attached hydrogens (tertiary/aromatic N) is 5. The summed E-state index contributed by atoms with van der Waals surface area (Å²) in [6.45, 7) is 0.270. The monoisotopic (exact) mass is 382 g/mol. The van der Waals surface area contributed by atoms with E-state index in [0.29, 0.717) is 17.7 Å². The molecule has 1 aromatic carbocycles. The van der Waals surface area contributed by atoms with Crippen molar-refractivity contribution in [3.63, 3.8) is 0 Å². The fourth-order valence-electron chi connectivity index (χ4n) is 3.42. The van der Waals surface area contributed by atoms with Gasteiger partial charge in [0.05, 0.1) is 11.9 Å². The molecule has 0 saturated carbocycles. The molecular formula is C18H18N6O4. The number of hydrogen-bond acceptors (Lipinski definition) is 6. The number of rotatable bonds is 3. The maximum Gasteiger partial charge on any atom is 0.275 e. The first-order valence-electron chi connectivity index (χ1n) is 8.77. The Morgan fingerprint density at radius 3 is 2.75 bits per heavy atom. The molecule has 1 N–H and O–H groups in total. The summed E-state index contributed by atoms with van der Waals surface area (Å²) in [5.74, 6) is -1.26. The first-order valence-corrected chi connectivity index (χ1v) is 8.77. The van der Waals surface area contributed by atoms with Gasteiger partial charge in [-0.1, -0.05) is 5.21 Å². The molecule has 3 heterocycles. The number of imide groups is 1. The lowest BCUT2D eigenvalue weighted by atomic mass is 10.0. The Labute approximate surface area is 160 Å². The van der Waals surface area contributed by atoms with Crippen molar-refractivity contribution in [3.05, 3.63) is 41.2 Å². The number of nitrogens with one attached hydrogen (secondary N) is 1. The number of carbonyl (C=O) groups excluding carboxylic acids is 4. The summed E-state index contributed by atoms with van der Waals surface area (Å²) in [5, 5.41) is 10.2. The van der Waals surface area contributed by atoms with Gasteiger partial charge in [-0.3, -0.25) is 24.5 Å². The van der Waals surface area contributed by atoms with Crippen LogP contribution in [-0.4, -0.2) is 68.6 Å². The maximum absolute atomic E-state index is 12.7. The van der Waals surface area contributed by atoms with Gasteiger partial charge in [-0.2, -0.15) is 0 Å². The van der Waals surface area contributed by atoms with E-state index in [9.17, 15) is 19.2 Å². The molecule has 2 aliphatic heterocycles. The molecule has 2 aromatic rings. The number of aromatic nitrogens is 3. The van der Waals surface area contributed by atoms with Crippen LogP contribution >= 0.6 is 0 Å². The van der Waals surface area contributed by atoms with Gasteiger partial charge in [0.25, 0.3) is 11.8 Å². The Morgan fingerprint density at radius 1 is 1.25 bits per heavy atom. The second-order valence-electron chi connectivity index (χ2n) is 6.99. The van der Waals surface area contributed by atoms with Crippen LogP contribution < -0.4 is 5.32 Å². The van der Waals surface area contributed by atoms with Gasteiger partial charge >= 0.3 is 0 Å². The highest BCUT2D eigenvalue weighted by atomic mass is 16.2. The average molecular weight is 382 g/mol. The Bertz CT molecular complexity index is 1010. The molecule has 0 aliphatic carbocycles. The normalized spacial score (nSPS) is 18.9. The third kappa shape index (κ3) is 2.92. The SMILES string of the molecule is CN(C)C(=O)c1cn(-c2ccc3c(c2)CN(C2CCC(=O)NC2=O)C3=O)nn1. The zero-order valence-corrected chi connectivity index (χ0v) is 15.4. The largest absolute Gasteiger partial charge is 0.343 e. The number of fused-ring (bicyclic) bond motifs is 1. The minimum absolute atomic E-state index is 0.212. The van der Waals surface area contributed by atoms with Gasteiger partial charge in [0, 0.05) is 32.6 Å². The van der Waals surface area contributed by atoms with Crippen LogP contribution in [0.2, 0.25) is 0 Å². The zero-order chi connectivity index (χ0) is 20.0. The highest BCUT2D eigenvalue weighted by molar-refractivity contribution is 6.05. The number of benzene rings is 1. The Hall–Kier alpha value is -3.56. The third-order valence-electron chi connectivity index (χ3n) is 4.89. The van der Waals surface area contributed by atoms with Gasteiger partial charge in [0.15, 0.2) is 5.69 Å². The lowest BCUT2D eigenvalue weighted by Crippen LogP contribution is -2.52. The Morgan fingerprint density at radius 2 is 2.04 bits per heavy atom. The summed E-state index contributed by atoms with van der Waals surface area (Å²) in [7, 11) is 3.26.